The Morgan fingerprint density at radius 2 is 2.12 bits per heavy atom. The van der Waals surface area contributed by atoms with Crippen molar-refractivity contribution in [2.45, 2.75) is 25.0 Å². The summed E-state index contributed by atoms with van der Waals surface area (Å²) in [6, 6.07) is 6.56. The second-order valence-electron chi connectivity index (χ2n) is 4.14. The van der Waals surface area contributed by atoms with E-state index in [1.165, 1.54) is 11.1 Å². The van der Waals surface area contributed by atoms with Gasteiger partial charge in [0, 0.05) is 7.11 Å². The average molecular weight is 221 g/mol. The first-order valence-corrected chi connectivity index (χ1v) is 5.67. The average Bonchev–Trinajstić information content (AvgIpc) is 2.36. The van der Waals surface area contributed by atoms with Crippen LogP contribution in [-0.2, 0) is 11.2 Å². The molecular formula is C13H19NO2. The Labute approximate surface area is 96.8 Å². The minimum Gasteiger partial charge on any atom is -0.497 e. The molecule has 1 N–H and O–H groups in total. The second-order valence-corrected chi connectivity index (χ2v) is 4.14. The Bertz CT molecular complexity index is 365. The van der Waals surface area contributed by atoms with Gasteiger partial charge >= 0.3 is 0 Å². The molecule has 0 aliphatic heterocycles. The van der Waals surface area contributed by atoms with Crippen LogP contribution >= 0.6 is 0 Å². The van der Waals surface area contributed by atoms with E-state index in [0.29, 0.717) is 0 Å². The maximum Gasteiger partial charge on any atom is 0.119 e. The number of aryl methyl sites for hydroxylation is 1. The lowest BCUT2D eigenvalue weighted by Crippen LogP contribution is -2.35. The lowest BCUT2D eigenvalue weighted by atomic mass is 9.85. The molecule has 1 aliphatic carbocycles. The fraction of sp³-hybridized carbons (Fsp3) is 0.538. The van der Waals surface area contributed by atoms with Crippen LogP contribution in [0.3, 0.4) is 0 Å². The third-order valence-electron chi connectivity index (χ3n) is 3.37. The molecule has 0 radical (unpaired) electrons. The van der Waals surface area contributed by atoms with Gasteiger partial charge in [0.25, 0.3) is 0 Å². The largest absolute Gasteiger partial charge is 0.497 e. The van der Waals surface area contributed by atoms with Gasteiger partial charge in [-0.05, 0) is 43.1 Å². The molecule has 0 heterocycles. The molecular weight excluding hydrogens is 202 g/mol. The van der Waals surface area contributed by atoms with Gasteiger partial charge in [-0.15, -0.1) is 0 Å². The van der Waals surface area contributed by atoms with E-state index >= 15 is 0 Å². The highest BCUT2D eigenvalue weighted by Crippen LogP contribution is 2.33. The van der Waals surface area contributed by atoms with Crippen LogP contribution in [-0.4, -0.2) is 27.4 Å². The summed E-state index contributed by atoms with van der Waals surface area (Å²) in [5, 5.41) is 3.33. The van der Waals surface area contributed by atoms with Crippen molar-refractivity contribution in [1.29, 1.82) is 0 Å². The van der Waals surface area contributed by atoms with E-state index in [0.717, 1.165) is 18.6 Å². The van der Waals surface area contributed by atoms with Crippen LogP contribution in [0.25, 0.3) is 0 Å². The molecule has 2 unspecified atom stereocenters. The molecule has 1 aliphatic rings. The fourth-order valence-electron chi connectivity index (χ4n) is 2.48. The predicted octanol–water partition coefficient (Wildman–Crippen LogP) is 1.92. The van der Waals surface area contributed by atoms with Gasteiger partial charge in [0.05, 0.1) is 19.3 Å². The number of hydrogen-bond donors (Lipinski definition) is 1. The van der Waals surface area contributed by atoms with Crippen molar-refractivity contribution in [3.63, 3.8) is 0 Å². The van der Waals surface area contributed by atoms with Crippen LogP contribution in [0.15, 0.2) is 18.2 Å². The van der Waals surface area contributed by atoms with Crippen LogP contribution in [0, 0.1) is 0 Å². The van der Waals surface area contributed by atoms with Crippen molar-refractivity contribution in [2.24, 2.45) is 0 Å². The number of methoxy groups -OCH3 is 2. The Morgan fingerprint density at radius 1 is 1.31 bits per heavy atom. The molecule has 0 saturated carbocycles. The Hall–Kier alpha value is -1.06. The van der Waals surface area contributed by atoms with Crippen molar-refractivity contribution in [3.05, 3.63) is 29.3 Å². The van der Waals surface area contributed by atoms with Crippen LogP contribution < -0.4 is 10.1 Å². The maximum absolute atomic E-state index is 5.52. The maximum atomic E-state index is 5.52. The third-order valence-corrected chi connectivity index (χ3v) is 3.37. The highest BCUT2D eigenvalue weighted by Gasteiger charge is 2.28. The zero-order chi connectivity index (χ0) is 11.5. The smallest absolute Gasteiger partial charge is 0.119 e. The van der Waals surface area contributed by atoms with E-state index in [9.17, 15) is 0 Å². The number of likely N-dealkylation sites (N-methyl/N-ethyl adjacent to an activating group) is 1. The summed E-state index contributed by atoms with van der Waals surface area (Å²) in [4.78, 5) is 0. The van der Waals surface area contributed by atoms with Crippen molar-refractivity contribution >= 4 is 0 Å². The van der Waals surface area contributed by atoms with Crippen LogP contribution in [0.5, 0.6) is 5.75 Å². The first kappa shape index (κ1) is 11.4. The summed E-state index contributed by atoms with van der Waals surface area (Å²) in [5.41, 5.74) is 2.70. The standard InChI is InChI=1S/C13H19NO2/c1-14-13-11-8-10(15-2)6-4-9(11)5-7-12(13)16-3/h4,6,8,12-14H,5,7H2,1-3H3. The number of nitrogens with one attached hydrogen (secondary N) is 1. The molecule has 0 saturated heterocycles. The summed E-state index contributed by atoms with van der Waals surface area (Å²) in [7, 11) is 5.46. The molecule has 88 valence electrons. The third kappa shape index (κ3) is 1.93. The van der Waals surface area contributed by atoms with E-state index < -0.39 is 0 Å². The van der Waals surface area contributed by atoms with E-state index in [4.69, 9.17) is 9.47 Å². The summed E-state index contributed by atoms with van der Waals surface area (Å²) in [5.74, 6) is 0.913. The molecule has 2 rings (SSSR count). The SMILES string of the molecule is CNC1c2cc(OC)ccc2CCC1OC. The molecule has 3 heteroatoms. The van der Waals surface area contributed by atoms with Gasteiger partial charge in [-0.1, -0.05) is 6.07 Å². The molecule has 0 spiro atoms. The number of fused-ring (bicyclic) bond motifs is 1. The quantitative estimate of drug-likeness (QED) is 0.846. The van der Waals surface area contributed by atoms with Crippen LogP contribution in [0.4, 0.5) is 0 Å². The van der Waals surface area contributed by atoms with E-state index in [-0.39, 0.29) is 12.1 Å². The van der Waals surface area contributed by atoms with Crippen molar-refractivity contribution in [2.75, 3.05) is 21.3 Å². The Kier molecular flexibility index (Phi) is 3.46. The molecule has 0 amide bonds. The van der Waals surface area contributed by atoms with Crippen molar-refractivity contribution < 1.29 is 9.47 Å². The molecule has 0 fully saturated rings. The summed E-state index contributed by atoms with van der Waals surface area (Å²) >= 11 is 0. The normalized spacial score (nSPS) is 23.9. The molecule has 0 bridgehead atoms. The van der Waals surface area contributed by atoms with Crippen LogP contribution in [0.2, 0.25) is 0 Å². The van der Waals surface area contributed by atoms with Crippen molar-refractivity contribution in [1.82, 2.24) is 5.32 Å². The highest BCUT2D eigenvalue weighted by atomic mass is 16.5. The molecule has 1 aromatic carbocycles. The number of rotatable bonds is 3. The molecule has 0 aromatic heterocycles. The lowest BCUT2D eigenvalue weighted by Gasteiger charge is -2.32. The van der Waals surface area contributed by atoms with Crippen LogP contribution in [0.1, 0.15) is 23.6 Å². The van der Waals surface area contributed by atoms with Gasteiger partial charge in [-0.25, -0.2) is 0 Å². The number of hydrogen-bond acceptors (Lipinski definition) is 3. The van der Waals surface area contributed by atoms with Gasteiger partial charge in [0.15, 0.2) is 0 Å². The molecule has 1 aromatic rings. The van der Waals surface area contributed by atoms with Gasteiger partial charge in [-0.3, -0.25) is 0 Å². The van der Waals surface area contributed by atoms with E-state index in [2.05, 4.69) is 17.4 Å². The fourth-order valence-corrected chi connectivity index (χ4v) is 2.48. The number of benzene rings is 1. The molecule has 3 nitrogen and oxygen atoms in total. The molecule has 16 heavy (non-hydrogen) atoms. The highest BCUT2D eigenvalue weighted by molar-refractivity contribution is 5.40. The minimum atomic E-state index is 0.254. The summed E-state index contributed by atoms with van der Waals surface area (Å²) < 4.78 is 10.8. The lowest BCUT2D eigenvalue weighted by molar-refractivity contribution is 0.0580. The summed E-state index contributed by atoms with van der Waals surface area (Å²) in [6.45, 7) is 0. The second kappa shape index (κ2) is 4.85. The zero-order valence-electron chi connectivity index (χ0n) is 10.1. The Balaban J connectivity index is 2.37. The van der Waals surface area contributed by atoms with Gasteiger partial charge in [-0.2, -0.15) is 0 Å². The molecule has 2 atom stereocenters. The zero-order valence-corrected chi connectivity index (χ0v) is 10.1. The van der Waals surface area contributed by atoms with E-state index in [1.807, 2.05) is 13.1 Å². The minimum absolute atomic E-state index is 0.254. The topological polar surface area (TPSA) is 30.5 Å². The van der Waals surface area contributed by atoms with Gasteiger partial charge in [0.1, 0.15) is 5.75 Å². The first-order chi connectivity index (χ1) is 7.80. The Morgan fingerprint density at radius 3 is 2.75 bits per heavy atom. The monoisotopic (exact) mass is 221 g/mol. The summed E-state index contributed by atoms with van der Waals surface area (Å²) in [6.07, 6.45) is 2.40. The van der Waals surface area contributed by atoms with Crippen molar-refractivity contribution in [3.8, 4) is 5.75 Å². The predicted molar refractivity (Wildman–Crippen MR) is 63.9 cm³/mol. The first-order valence-electron chi connectivity index (χ1n) is 5.67. The van der Waals surface area contributed by atoms with Gasteiger partial charge in [0.2, 0.25) is 0 Å². The van der Waals surface area contributed by atoms with E-state index in [1.54, 1.807) is 14.2 Å². The van der Waals surface area contributed by atoms with Gasteiger partial charge < -0.3 is 14.8 Å². The number of ether oxygens (including phenoxy) is 2.